The summed E-state index contributed by atoms with van der Waals surface area (Å²) in [6.45, 7) is 3.11. The maximum atomic E-state index is 13.0. The van der Waals surface area contributed by atoms with Gasteiger partial charge in [-0.1, -0.05) is 0 Å². The summed E-state index contributed by atoms with van der Waals surface area (Å²) in [5.74, 6) is 1.15. The average molecular weight is 475 g/mol. The van der Waals surface area contributed by atoms with Gasteiger partial charge in [-0.2, -0.15) is 5.10 Å². The van der Waals surface area contributed by atoms with Gasteiger partial charge in [-0.3, -0.25) is 14.5 Å². The first-order chi connectivity index (χ1) is 15.8. The van der Waals surface area contributed by atoms with Gasteiger partial charge in [0.2, 0.25) is 15.9 Å². The summed E-state index contributed by atoms with van der Waals surface area (Å²) < 4.78 is 36.0. The van der Waals surface area contributed by atoms with Gasteiger partial charge in [0.1, 0.15) is 6.04 Å². The highest BCUT2D eigenvalue weighted by Crippen LogP contribution is 2.28. The molecule has 0 bridgehead atoms. The third-order valence-electron chi connectivity index (χ3n) is 5.08. The van der Waals surface area contributed by atoms with Crippen LogP contribution < -0.4 is 19.5 Å². The van der Waals surface area contributed by atoms with E-state index in [9.17, 15) is 13.2 Å². The lowest BCUT2D eigenvalue weighted by molar-refractivity contribution is -0.122. The van der Waals surface area contributed by atoms with Crippen LogP contribution in [0.5, 0.6) is 11.5 Å². The molecule has 1 unspecified atom stereocenters. The predicted molar refractivity (Wildman–Crippen MR) is 130 cm³/mol. The van der Waals surface area contributed by atoms with Crippen molar-refractivity contribution in [2.45, 2.75) is 32.2 Å². The number of methoxy groups -OCH3 is 1. The molecule has 0 radical (unpaired) electrons. The molecule has 178 valence electrons. The number of carbonyl (C=O) groups is 1. The summed E-state index contributed by atoms with van der Waals surface area (Å²) in [6.07, 6.45) is 5.41. The predicted octanol–water partition coefficient (Wildman–Crippen LogP) is 3.29. The number of carbonyl (C=O) groups excluding carboxylic acids is 1. The fourth-order valence-electron chi connectivity index (χ4n) is 3.56. The zero-order chi connectivity index (χ0) is 23.8. The molecule has 1 aliphatic rings. The normalized spacial score (nSPS) is 16.5. The average Bonchev–Trinajstić information content (AvgIpc) is 2.78. The van der Waals surface area contributed by atoms with Crippen LogP contribution in [-0.2, 0) is 14.8 Å². The Morgan fingerprint density at radius 1 is 1.15 bits per heavy atom. The van der Waals surface area contributed by atoms with Crippen LogP contribution in [0, 0.1) is 0 Å². The summed E-state index contributed by atoms with van der Waals surface area (Å²) in [5.41, 5.74) is 1.87. The van der Waals surface area contributed by atoms with E-state index in [2.05, 4.69) is 15.1 Å². The van der Waals surface area contributed by atoms with Crippen molar-refractivity contribution in [1.82, 2.24) is 5.01 Å². The van der Waals surface area contributed by atoms with Gasteiger partial charge in [0.15, 0.2) is 11.5 Å². The molecule has 1 amide bonds. The number of nitrogens with zero attached hydrogens (tertiary/aromatic N) is 2. The van der Waals surface area contributed by atoms with Crippen molar-refractivity contribution in [3.8, 4) is 11.5 Å². The monoisotopic (exact) mass is 474 g/mol. The highest BCUT2D eigenvalue weighted by atomic mass is 32.2. The van der Waals surface area contributed by atoms with E-state index < -0.39 is 16.1 Å². The highest BCUT2D eigenvalue weighted by Gasteiger charge is 2.28. The van der Waals surface area contributed by atoms with Crippen molar-refractivity contribution >= 4 is 33.5 Å². The number of anilines is 2. The number of hydrogen-bond donors (Lipinski definition) is 2. The molecule has 0 aromatic heterocycles. The van der Waals surface area contributed by atoms with Gasteiger partial charge in [0.05, 0.1) is 26.2 Å². The molecule has 1 saturated heterocycles. The van der Waals surface area contributed by atoms with Crippen LogP contribution in [-0.4, -0.2) is 58.1 Å². The summed E-state index contributed by atoms with van der Waals surface area (Å²) in [6, 6.07) is 11.7. The van der Waals surface area contributed by atoms with E-state index in [1.807, 2.05) is 30.1 Å². The minimum Gasteiger partial charge on any atom is -0.493 e. The van der Waals surface area contributed by atoms with E-state index in [1.165, 1.54) is 0 Å². The van der Waals surface area contributed by atoms with Crippen molar-refractivity contribution in [3.05, 3.63) is 48.0 Å². The Labute approximate surface area is 194 Å². The van der Waals surface area contributed by atoms with Crippen LogP contribution in [0.3, 0.4) is 0 Å². The van der Waals surface area contributed by atoms with Gasteiger partial charge in [-0.05, 0) is 74.2 Å². The van der Waals surface area contributed by atoms with Crippen molar-refractivity contribution < 1.29 is 22.7 Å². The second-order valence-electron chi connectivity index (χ2n) is 7.70. The lowest BCUT2D eigenvalue weighted by atomic mass is 10.0. The molecule has 1 fully saturated rings. The molecule has 0 saturated carbocycles. The summed E-state index contributed by atoms with van der Waals surface area (Å²) >= 11 is 0. The quantitative estimate of drug-likeness (QED) is 0.540. The fraction of sp³-hybridized carbons (Fsp3) is 0.391. The van der Waals surface area contributed by atoms with Crippen LogP contribution in [0.1, 0.15) is 31.7 Å². The number of ether oxygens (including phenoxy) is 2. The molecule has 0 spiro atoms. The van der Waals surface area contributed by atoms with E-state index >= 15 is 0 Å². The molecule has 1 heterocycles. The number of amides is 1. The molecule has 1 atom stereocenters. The number of sulfonamides is 1. The largest absolute Gasteiger partial charge is 0.493 e. The maximum absolute atomic E-state index is 13.0. The zero-order valence-electron chi connectivity index (χ0n) is 19.1. The second-order valence-corrected chi connectivity index (χ2v) is 9.45. The minimum absolute atomic E-state index is 0.152. The Morgan fingerprint density at radius 2 is 1.88 bits per heavy atom. The fourth-order valence-corrected chi connectivity index (χ4v) is 4.13. The molecular formula is C23H30N4O5S. The van der Waals surface area contributed by atoms with E-state index in [-0.39, 0.29) is 5.91 Å². The molecule has 2 N–H and O–H groups in total. The Bertz CT molecular complexity index is 1090. The number of rotatable bonds is 9. The molecular weight excluding hydrogens is 444 g/mol. The van der Waals surface area contributed by atoms with Crippen LogP contribution in [0.2, 0.25) is 0 Å². The lowest BCUT2D eigenvalue weighted by Crippen LogP contribution is -2.44. The summed E-state index contributed by atoms with van der Waals surface area (Å²) in [4.78, 5) is 13.0. The number of hydrazone groups is 1. The van der Waals surface area contributed by atoms with Crippen molar-refractivity contribution in [3.63, 3.8) is 0 Å². The molecule has 0 aliphatic carbocycles. The standard InChI is InChI=1S/C23H30N4O5S/c1-4-32-22-15-17(8-13-21(22)31-2)16-24-27-14-6-5-7-20(27)23(28)25-18-9-11-19(12-10-18)26-33(3,29)30/h8-13,15-16,20,26H,4-7,14H2,1-3H3,(H,25,28)/b24-16+. The molecule has 10 heteroatoms. The van der Waals surface area contributed by atoms with Crippen molar-refractivity contribution in [1.29, 1.82) is 0 Å². The van der Waals surface area contributed by atoms with Gasteiger partial charge in [0, 0.05) is 17.9 Å². The van der Waals surface area contributed by atoms with E-state index in [4.69, 9.17) is 9.47 Å². The first-order valence-corrected chi connectivity index (χ1v) is 12.7. The Hall–Kier alpha value is -3.27. The topological polar surface area (TPSA) is 109 Å². The first-order valence-electron chi connectivity index (χ1n) is 10.8. The second kappa shape index (κ2) is 11.0. The molecule has 33 heavy (non-hydrogen) atoms. The first kappa shape index (κ1) is 24.4. The van der Waals surface area contributed by atoms with Gasteiger partial charge in [0.25, 0.3) is 0 Å². The highest BCUT2D eigenvalue weighted by molar-refractivity contribution is 7.92. The van der Waals surface area contributed by atoms with Crippen LogP contribution in [0.4, 0.5) is 11.4 Å². The van der Waals surface area contributed by atoms with Crippen LogP contribution in [0.25, 0.3) is 0 Å². The Morgan fingerprint density at radius 3 is 2.55 bits per heavy atom. The van der Waals surface area contributed by atoms with Gasteiger partial charge >= 0.3 is 0 Å². The molecule has 1 aliphatic heterocycles. The smallest absolute Gasteiger partial charge is 0.248 e. The molecule has 2 aromatic carbocycles. The Kier molecular flexibility index (Phi) is 8.16. The molecule has 3 rings (SSSR count). The summed E-state index contributed by atoms with van der Waals surface area (Å²) in [7, 11) is -1.76. The third-order valence-corrected chi connectivity index (χ3v) is 5.68. The number of benzene rings is 2. The van der Waals surface area contributed by atoms with Gasteiger partial charge in [-0.15, -0.1) is 0 Å². The SMILES string of the molecule is CCOc1cc(/C=N/N2CCCCC2C(=O)Nc2ccc(NS(C)(=O)=O)cc2)ccc1OC. The summed E-state index contributed by atoms with van der Waals surface area (Å²) in [5, 5.41) is 9.29. The number of nitrogens with one attached hydrogen (secondary N) is 2. The molecule has 9 nitrogen and oxygen atoms in total. The maximum Gasteiger partial charge on any atom is 0.248 e. The molecule has 2 aromatic rings. The van der Waals surface area contributed by atoms with Crippen molar-refractivity contribution in [2.24, 2.45) is 5.10 Å². The van der Waals surface area contributed by atoms with E-state index in [0.717, 1.165) is 24.7 Å². The zero-order valence-corrected chi connectivity index (χ0v) is 19.9. The third kappa shape index (κ3) is 7.11. The minimum atomic E-state index is -3.35. The van der Waals surface area contributed by atoms with Crippen molar-refractivity contribution in [2.75, 3.05) is 36.6 Å². The van der Waals surface area contributed by atoms with Crippen LogP contribution in [0.15, 0.2) is 47.6 Å². The lowest BCUT2D eigenvalue weighted by Gasteiger charge is -2.32. The Balaban J connectivity index is 1.68. The van der Waals surface area contributed by atoms with Gasteiger partial charge < -0.3 is 14.8 Å². The number of piperidine rings is 1. The van der Waals surface area contributed by atoms with E-state index in [0.29, 0.717) is 42.4 Å². The van der Waals surface area contributed by atoms with E-state index in [1.54, 1.807) is 37.6 Å². The van der Waals surface area contributed by atoms with Crippen LogP contribution >= 0.6 is 0 Å². The number of hydrogen-bond acceptors (Lipinski definition) is 7. The van der Waals surface area contributed by atoms with Gasteiger partial charge in [-0.25, -0.2) is 8.42 Å².